The molecule has 5 rings (SSSR count). The van der Waals surface area contributed by atoms with E-state index in [9.17, 15) is 10.1 Å². The van der Waals surface area contributed by atoms with E-state index in [1.807, 2.05) is 42.5 Å². The minimum atomic E-state index is -0.377. The normalized spacial score (nSPS) is 15.2. The molecule has 0 saturated heterocycles. The van der Waals surface area contributed by atoms with Crippen LogP contribution >= 0.6 is 0 Å². The number of benzene rings is 3. The fraction of sp³-hybridized carbons (Fsp3) is 0.0500. The standard InChI is InChI=1S/C20H14N4O2/c25-24(26)14-11-9-13(10-12-14)19-21-16-6-2-1-5-15(16)20-22-17-7-3-4-8-18(17)23(19)20/h1-12,19H,(H,21,22)/p+1. The van der Waals surface area contributed by atoms with Crippen molar-refractivity contribution in [3.8, 4) is 11.4 Å². The van der Waals surface area contributed by atoms with Crippen LogP contribution in [0.4, 0.5) is 11.4 Å². The smallest absolute Gasteiger partial charge is 0.291 e. The summed E-state index contributed by atoms with van der Waals surface area (Å²) in [6.45, 7) is 0. The fourth-order valence-electron chi connectivity index (χ4n) is 3.60. The summed E-state index contributed by atoms with van der Waals surface area (Å²) in [4.78, 5) is 14.1. The van der Waals surface area contributed by atoms with Crippen LogP contribution in [0.1, 0.15) is 11.7 Å². The van der Waals surface area contributed by atoms with Crippen LogP contribution in [-0.2, 0) is 0 Å². The maximum Gasteiger partial charge on any atom is 0.291 e. The maximum atomic E-state index is 11.0. The molecule has 1 aliphatic heterocycles. The molecule has 0 saturated carbocycles. The first-order chi connectivity index (χ1) is 12.7. The quantitative estimate of drug-likeness (QED) is 0.328. The number of nitro benzene ring substituents is 1. The Balaban J connectivity index is 1.74. The van der Waals surface area contributed by atoms with Crippen molar-refractivity contribution < 1.29 is 9.49 Å². The van der Waals surface area contributed by atoms with Crippen LogP contribution in [0.25, 0.3) is 22.4 Å². The Bertz CT molecular complexity index is 1150. The lowest BCUT2D eigenvalue weighted by Crippen LogP contribution is -2.48. The van der Waals surface area contributed by atoms with Gasteiger partial charge in [-0.1, -0.05) is 24.3 Å². The Labute approximate surface area is 148 Å². The number of imidazole rings is 1. The molecule has 1 atom stereocenters. The maximum absolute atomic E-state index is 11.0. The molecule has 0 bridgehead atoms. The molecule has 2 heterocycles. The third-order valence-electron chi connectivity index (χ3n) is 4.81. The number of nitrogens with zero attached hydrogens (tertiary/aromatic N) is 2. The van der Waals surface area contributed by atoms with E-state index >= 15 is 0 Å². The van der Waals surface area contributed by atoms with Gasteiger partial charge in [0.25, 0.3) is 11.5 Å². The third-order valence-corrected chi connectivity index (χ3v) is 4.81. The van der Waals surface area contributed by atoms with Crippen LogP contribution < -0.4 is 9.88 Å². The summed E-state index contributed by atoms with van der Waals surface area (Å²) in [6.07, 6.45) is -0.156. The minimum absolute atomic E-state index is 0.0918. The molecule has 6 nitrogen and oxygen atoms in total. The van der Waals surface area contributed by atoms with Gasteiger partial charge in [0.05, 0.1) is 16.2 Å². The molecule has 26 heavy (non-hydrogen) atoms. The Morgan fingerprint density at radius 2 is 1.65 bits per heavy atom. The fourth-order valence-corrected chi connectivity index (χ4v) is 3.60. The highest BCUT2D eigenvalue weighted by molar-refractivity contribution is 5.80. The summed E-state index contributed by atoms with van der Waals surface area (Å²) in [6, 6.07) is 23.0. The largest absolute Gasteiger partial charge is 0.342 e. The monoisotopic (exact) mass is 343 g/mol. The number of rotatable bonds is 2. The van der Waals surface area contributed by atoms with E-state index in [0.29, 0.717) is 0 Å². The number of anilines is 1. The molecule has 4 aromatic rings. The average Bonchev–Trinajstić information content (AvgIpc) is 3.07. The Morgan fingerprint density at radius 1 is 0.923 bits per heavy atom. The van der Waals surface area contributed by atoms with Crippen LogP contribution in [0.15, 0.2) is 72.8 Å². The van der Waals surface area contributed by atoms with Crippen molar-refractivity contribution >= 4 is 22.4 Å². The zero-order valence-corrected chi connectivity index (χ0v) is 13.7. The van der Waals surface area contributed by atoms with Crippen molar-refractivity contribution in [1.82, 2.24) is 4.98 Å². The van der Waals surface area contributed by atoms with Gasteiger partial charge in [-0.05, 0) is 36.4 Å². The second-order valence-corrected chi connectivity index (χ2v) is 6.30. The number of para-hydroxylation sites is 3. The molecule has 0 radical (unpaired) electrons. The highest BCUT2D eigenvalue weighted by atomic mass is 16.6. The van der Waals surface area contributed by atoms with Crippen LogP contribution in [0.3, 0.4) is 0 Å². The van der Waals surface area contributed by atoms with Gasteiger partial charge in [0.1, 0.15) is 0 Å². The van der Waals surface area contributed by atoms with E-state index < -0.39 is 0 Å². The summed E-state index contributed by atoms with van der Waals surface area (Å²) >= 11 is 0. The van der Waals surface area contributed by atoms with Gasteiger partial charge in [-0.15, -0.1) is 0 Å². The average molecular weight is 343 g/mol. The lowest BCUT2D eigenvalue weighted by atomic mass is 10.1. The summed E-state index contributed by atoms with van der Waals surface area (Å²) in [5.74, 6) is 1.02. The van der Waals surface area contributed by atoms with Crippen molar-refractivity contribution in [3.05, 3.63) is 88.5 Å². The van der Waals surface area contributed by atoms with Gasteiger partial charge < -0.3 is 5.32 Å². The molecule has 1 aromatic heterocycles. The lowest BCUT2D eigenvalue weighted by molar-refractivity contribution is -0.673. The summed E-state index contributed by atoms with van der Waals surface area (Å²) in [5, 5.41) is 14.5. The van der Waals surface area contributed by atoms with Gasteiger partial charge in [0.15, 0.2) is 17.2 Å². The number of hydrogen-bond donors (Lipinski definition) is 2. The molecule has 0 fully saturated rings. The van der Waals surface area contributed by atoms with Gasteiger partial charge in [0, 0.05) is 17.7 Å². The summed E-state index contributed by atoms with van der Waals surface area (Å²) in [7, 11) is 0. The molecule has 0 aliphatic carbocycles. The Hall–Kier alpha value is -3.67. The van der Waals surface area contributed by atoms with Crippen molar-refractivity contribution in [2.75, 3.05) is 5.32 Å². The molecule has 126 valence electrons. The highest BCUT2D eigenvalue weighted by Gasteiger charge is 2.34. The Morgan fingerprint density at radius 3 is 2.46 bits per heavy atom. The van der Waals surface area contributed by atoms with E-state index in [1.54, 1.807) is 12.1 Å². The summed E-state index contributed by atoms with van der Waals surface area (Å²) < 4.78 is 2.21. The number of fused-ring (bicyclic) bond motifs is 5. The molecule has 0 spiro atoms. The van der Waals surface area contributed by atoms with Crippen LogP contribution in [0.5, 0.6) is 0 Å². The zero-order valence-electron chi connectivity index (χ0n) is 13.7. The first kappa shape index (κ1) is 14.7. The van der Waals surface area contributed by atoms with Crippen molar-refractivity contribution in [1.29, 1.82) is 0 Å². The highest BCUT2D eigenvalue weighted by Crippen LogP contribution is 2.35. The van der Waals surface area contributed by atoms with E-state index in [-0.39, 0.29) is 16.8 Å². The number of hydrogen-bond acceptors (Lipinski definition) is 3. The van der Waals surface area contributed by atoms with E-state index in [0.717, 1.165) is 33.7 Å². The Kier molecular flexibility index (Phi) is 3.05. The van der Waals surface area contributed by atoms with Gasteiger partial charge in [-0.25, -0.2) is 4.98 Å². The molecule has 2 N–H and O–H groups in total. The topological polar surface area (TPSA) is 74.8 Å². The first-order valence-corrected chi connectivity index (χ1v) is 8.35. The lowest BCUT2D eigenvalue weighted by Gasteiger charge is -2.25. The molecule has 6 heteroatoms. The molecule has 1 aliphatic rings. The number of aromatic nitrogens is 2. The molecule has 0 amide bonds. The van der Waals surface area contributed by atoms with Crippen molar-refractivity contribution in [3.63, 3.8) is 0 Å². The van der Waals surface area contributed by atoms with Gasteiger partial charge in [-0.3, -0.25) is 10.1 Å². The third kappa shape index (κ3) is 2.09. The number of nitro groups is 1. The van der Waals surface area contributed by atoms with E-state index in [2.05, 4.69) is 33.1 Å². The van der Waals surface area contributed by atoms with Crippen LogP contribution in [0.2, 0.25) is 0 Å². The van der Waals surface area contributed by atoms with Crippen LogP contribution in [0, 0.1) is 10.1 Å². The first-order valence-electron chi connectivity index (χ1n) is 8.35. The van der Waals surface area contributed by atoms with E-state index in [4.69, 9.17) is 0 Å². The summed E-state index contributed by atoms with van der Waals surface area (Å²) in [5.41, 5.74) is 5.31. The second-order valence-electron chi connectivity index (χ2n) is 6.30. The van der Waals surface area contributed by atoms with Crippen molar-refractivity contribution in [2.45, 2.75) is 6.17 Å². The second kappa shape index (κ2) is 5.42. The van der Waals surface area contributed by atoms with Gasteiger partial charge in [-0.2, -0.15) is 4.57 Å². The minimum Gasteiger partial charge on any atom is -0.342 e. The van der Waals surface area contributed by atoms with Crippen LogP contribution in [-0.4, -0.2) is 9.91 Å². The molecular weight excluding hydrogens is 328 g/mol. The molecule has 1 unspecified atom stereocenters. The number of aromatic amines is 1. The van der Waals surface area contributed by atoms with Crippen molar-refractivity contribution in [2.24, 2.45) is 0 Å². The predicted octanol–water partition coefficient (Wildman–Crippen LogP) is 4.00. The molecule has 3 aromatic carbocycles. The van der Waals surface area contributed by atoms with E-state index in [1.165, 1.54) is 0 Å². The van der Waals surface area contributed by atoms with Gasteiger partial charge >= 0.3 is 0 Å². The van der Waals surface area contributed by atoms with Gasteiger partial charge in [0.2, 0.25) is 0 Å². The predicted molar refractivity (Wildman–Crippen MR) is 98.8 cm³/mol. The number of non-ortho nitro benzene ring substituents is 1. The number of H-pyrrole nitrogens is 1. The zero-order chi connectivity index (χ0) is 17.7. The SMILES string of the molecule is O=[N+]([O-])c1ccc(C2Nc3ccccc3-c3[nH]c4ccccc4[n+]32)cc1. The molecular formula is C20H15N4O2+. The number of nitrogens with one attached hydrogen (secondary N) is 2.